The third-order valence-electron chi connectivity index (χ3n) is 3.97. The summed E-state index contributed by atoms with van der Waals surface area (Å²) >= 11 is 2.98. The molecule has 0 saturated carbocycles. The molecule has 28 heavy (non-hydrogen) atoms. The van der Waals surface area contributed by atoms with Gasteiger partial charge in [-0.25, -0.2) is 4.79 Å². The summed E-state index contributed by atoms with van der Waals surface area (Å²) < 4.78 is 6.68. The summed E-state index contributed by atoms with van der Waals surface area (Å²) in [7, 11) is 1.34. The topological polar surface area (TPSA) is 86.1 Å². The van der Waals surface area contributed by atoms with Gasteiger partial charge in [-0.3, -0.25) is 4.79 Å². The van der Waals surface area contributed by atoms with Gasteiger partial charge >= 0.3 is 5.97 Å². The molecule has 7 nitrogen and oxygen atoms in total. The maximum absolute atomic E-state index is 12.2. The number of amides is 1. The molecule has 0 fully saturated rings. The van der Waals surface area contributed by atoms with Crippen LogP contribution in [-0.4, -0.2) is 39.5 Å². The van der Waals surface area contributed by atoms with Crippen LogP contribution in [0.25, 0.3) is 10.7 Å². The van der Waals surface area contributed by atoms with E-state index in [1.165, 1.54) is 18.9 Å². The fraction of sp³-hybridized carbons (Fsp3) is 0.263. The molecule has 9 heteroatoms. The van der Waals surface area contributed by atoms with Crippen LogP contribution in [-0.2, 0) is 22.6 Å². The van der Waals surface area contributed by atoms with E-state index in [2.05, 4.69) is 20.3 Å². The van der Waals surface area contributed by atoms with Crippen LogP contribution in [0.4, 0.5) is 0 Å². The molecule has 0 aliphatic rings. The van der Waals surface area contributed by atoms with Crippen molar-refractivity contribution in [3.63, 3.8) is 0 Å². The van der Waals surface area contributed by atoms with E-state index in [0.717, 1.165) is 28.0 Å². The maximum atomic E-state index is 12.2. The Morgan fingerprint density at radius 2 is 2.00 bits per heavy atom. The Labute approximate surface area is 171 Å². The lowest BCUT2D eigenvalue weighted by atomic mass is 10.1. The van der Waals surface area contributed by atoms with Gasteiger partial charge in [0.2, 0.25) is 5.91 Å². The zero-order valence-electron chi connectivity index (χ0n) is 15.5. The minimum absolute atomic E-state index is 0.0922. The molecule has 3 rings (SSSR count). The first-order valence-corrected chi connectivity index (χ1v) is 10.5. The average molecular weight is 417 g/mol. The molecule has 0 spiro atoms. The highest BCUT2D eigenvalue weighted by atomic mass is 32.2. The van der Waals surface area contributed by atoms with E-state index in [4.69, 9.17) is 0 Å². The van der Waals surface area contributed by atoms with Crippen LogP contribution < -0.4 is 5.32 Å². The smallest absolute Gasteiger partial charge is 0.337 e. The third kappa shape index (κ3) is 4.79. The van der Waals surface area contributed by atoms with Crippen LogP contribution in [0.3, 0.4) is 0 Å². The number of thiophene rings is 1. The van der Waals surface area contributed by atoms with Crippen LogP contribution in [0.1, 0.15) is 22.8 Å². The molecule has 0 saturated heterocycles. The number of hydrogen-bond acceptors (Lipinski definition) is 7. The number of carbonyl (C=O) groups excluding carboxylic acids is 2. The number of nitrogens with zero attached hydrogens (tertiary/aromatic N) is 3. The number of carbonyl (C=O) groups is 2. The Balaban J connectivity index is 1.53. The summed E-state index contributed by atoms with van der Waals surface area (Å²) in [6.07, 6.45) is 0. The summed E-state index contributed by atoms with van der Waals surface area (Å²) in [5.74, 6) is 0.605. The summed E-state index contributed by atoms with van der Waals surface area (Å²) in [5, 5.41) is 14.1. The number of esters is 1. The van der Waals surface area contributed by atoms with E-state index in [0.29, 0.717) is 12.1 Å². The molecular weight excluding hydrogens is 396 g/mol. The third-order valence-corrected chi connectivity index (χ3v) is 5.80. The average Bonchev–Trinajstić information content (AvgIpc) is 3.39. The number of ether oxygens (including phenoxy) is 1. The van der Waals surface area contributed by atoms with Gasteiger partial charge in [-0.15, -0.1) is 21.5 Å². The number of thioether (sulfide) groups is 1. The predicted octanol–water partition coefficient (Wildman–Crippen LogP) is 3.22. The van der Waals surface area contributed by atoms with E-state index in [1.54, 1.807) is 35.6 Å². The summed E-state index contributed by atoms with van der Waals surface area (Å²) in [6, 6.07) is 10.9. The molecule has 2 aromatic heterocycles. The van der Waals surface area contributed by atoms with Crippen molar-refractivity contribution in [1.82, 2.24) is 20.1 Å². The molecule has 0 bridgehead atoms. The Bertz CT molecular complexity index is 937. The van der Waals surface area contributed by atoms with Crippen molar-refractivity contribution in [3.05, 3.63) is 52.9 Å². The first-order chi connectivity index (χ1) is 13.6. The number of methoxy groups -OCH3 is 1. The van der Waals surface area contributed by atoms with E-state index < -0.39 is 0 Å². The van der Waals surface area contributed by atoms with E-state index >= 15 is 0 Å². The van der Waals surface area contributed by atoms with Crippen molar-refractivity contribution in [2.75, 3.05) is 12.9 Å². The van der Waals surface area contributed by atoms with Gasteiger partial charge in [-0.1, -0.05) is 30.0 Å². The van der Waals surface area contributed by atoms with Crippen molar-refractivity contribution < 1.29 is 14.3 Å². The predicted molar refractivity (Wildman–Crippen MR) is 109 cm³/mol. The quantitative estimate of drug-likeness (QED) is 0.448. The van der Waals surface area contributed by atoms with E-state index in [9.17, 15) is 9.59 Å². The first kappa shape index (κ1) is 20.1. The van der Waals surface area contributed by atoms with Crippen molar-refractivity contribution >= 4 is 35.0 Å². The highest BCUT2D eigenvalue weighted by Crippen LogP contribution is 2.27. The number of hydrogen-bond donors (Lipinski definition) is 1. The van der Waals surface area contributed by atoms with Gasteiger partial charge in [0.25, 0.3) is 0 Å². The summed E-state index contributed by atoms with van der Waals surface area (Å²) in [5.41, 5.74) is 1.39. The van der Waals surface area contributed by atoms with Gasteiger partial charge < -0.3 is 14.6 Å². The standard InChI is InChI=1S/C19H20N4O3S2/c1-3-23-17(15-5-4-10-27-15)21-22-19(23)28-12-16(24)20-11-13-6-8-14(9-7-13)18(25)26-2/h4-10H,3,11-12H2,1-2H3,(H,20,24). The number of nitrogens with one attached hydrogen (secondary N) is 1. The second kappa shape index (κ2) is 9.52. The fourth-order valence-corrected chi connectivity index (χ4v) is 4.08. The summed E-state index contributed by atoms with van der Waals surface area (Å²) in [4.78, 5) is 24.7. The molecule has 2 heterocycles. The van der Waals surface area contributed by atoms with Crippen LogP contribution in [0.15, 0.2) is 46.9 Å². The van der Waals surface area contributed by atoms with Crippen molar-refractivity contribution in [2.45, 2.75) is 25.2 Å². The highest BCUT2D eigenvalue weighted by Gasteiger charge is 2.15. The molecular formula is C19H20N4O3S2. The van der Waals surface area contributed by atoms with Gasteiger partial charge in [0.1, 0.15) is 0 Å². The van der Waals surface area contributed by atoms with Crippen LogP contribution in [0, 0.1) is 0 Å². The fourth-order valence-electron chi connectivity index (χ4n) is 2.53. The van der Waals surface area contributed by atoms with Crippen LogP contribution in [0.5, 0.6) is 0 Å². The zero-order chi connectivity index (χ0) is 19.9. The SMILES string of the molecule is CCn1c(SCC(=O)NCc2ccc(C(=O)OC)cc2)nnc1-c1cccs1. The molecule has 0 atom stereocenters. The Morgan fingerprint density at radius 3 is 2.64 bits per heavy atom. The zero-order valence-corrected chi connectivity index (χ0v) is 17.2. The molecule has 0 aliphatic heterocycles. The van der Waals surface area contributed by atoms with Gasteiger partial charge in [-0.05, 0) is 36.1 Å². The Hall–Kier alpha value is -2.65. The molecule has 3 aromatic rings. The largest absolute Gasteiger partial charge is 0.465 e. The lowest BCUT2D eigenvalue weighted by molar-refractivity contribution is -0.118. The number of aromatic nitrogens is 3. The molecule has 146 valence electrons. The lowest BCUT2D eigenvalue weighted by Gasteiger charge is -2.07. The lowest BCUT2D eigenvalue weighted by Crippen LogP contribution is -2.24. The molecule has 0 aliphatic carbocycles. The van der Waals surface area contributed by atoms with Crippen molar-refractivity contribution in [3.8, 4) is 10.7 Å². The van der Waals surface area contributed by atoms with Crippen molar-refractivity contribution in [2.24, 2.45) is 0 Å². The number of benzene rings is 1. The second-order valence-corrected chi connectivity index (χ2v) is 7.67. The molecule has 0 unspecified atom stereocenters. The Kier molecular flexibility index (Phi) is 6.83. The maximum Gasteiger partial charge on any atom is 0.337 e. The number of rotatable bonds is 8. The van der Waals surface area contributed by atoms with E-state index in [1.807, 2.05) is 29.0 Å². The first-order valence-electron chi connectivity index (χ1n) is 8.66. The molecule has 1 N–H and O–H groups in total. The van der Waals surface area contributed by atoms with Gasteiger partial charge in [-0.2, -0.15) is 0 Å². The van der Waals surface area contributed by atoms with Crippen molar-refractivity contribution in [1.29, 1.82) is 0 Å². The minimum atomic E-state index is -0.381. The Morgan fingerprint density at radius 1 is 1.21 bits per heavy atom. The minimum Gasteiger partial charge on any atom is -0.465 e. The monoisotopic (exact) mass is 416 g/mol. The second-order valence-electron chi connectivity index (χ2n) is 5.78. The highest BCUT2D eigenvalue weighted by molar-refractivity contribution is 7.99. The van der Waals surface area contributed by atoms with Crippen LogP contribution >= 0.6 is 23.1 Å². The van der Waals surface area contributed by atoms with Gasteiger partial charge in [0, 0.05) is 13.1 Å². The molecule has 0 radical (unpaired) electrons. The van der Waals surface area contributed by atoms with E-state index in [-0.39, 0.29) is 17.6 Å². The molecule has 1 amide bonds. The normalized spacial score (nSPS) is 10.6. The van der Waals surface area contributed by atoms with Crippen LogP contribution in [0.2, 0.25) is 0 Å². The molecule has 1 aromatic carbocycles. The van der Waals surface area contributed by atoms with Gasteiger partial charge in [0.15, 0.2) is 11.0 Å². The van der Waals surface area contributed by atoms with Gasteiger partial charge in [0.05, 0.1) is 23.3 Å². The summed E-state index contributed by atoms with van der Waals surface area (Å²) in [6.45, 7) is 3.15.